The first kappa shape index (κ1) is 18.7. The minimum atomic E-state index is 0.0481. The Hall–Kier alpha value is -2.63. The Morgan fingerprint density at radius 1 is 1.18 bits per heavy atom. The van der Waals surface area contributed by atoms with Gasteiger partial charge in [0.05, 0.1) is 11.8 Å². The van der Waals surface area contributed by atoms with Gasteiger partial charge in [-0.05, 0) is 31.2 Å². The van der Waals surface area contributed by atoms with Crippen LogP contribution in [0.1, 0.15) is 41.6 Å². The van der Waals surface area contributed by atoms with Gasteiger partial charge in [-0.1, -0.05) is 30.3 Å². The molecule has 1 aromatic heterocycles. The molecule has 2 fully saturated rings. The quantitative estimate of drug-likeness (QED) is 0.801. The van der Waals surface area contributed by atoms with Gasteiger partial charge in [0.25, 0.3) is 5.91 Å². The standard InChI is InChI=1S/C22H28N4O2/c1-24-16-19(15-23-24)21(28)25-12-9-22(10-13-25)14-20(27)26(17-22)11-5-8-18-6-3-2-4-7-18/h2-4,6-7,15-16H,5,8-14,17H2,1H3. The van der Waals surface area contributed by atoms with Crippen molar-refractivity contribution in [3.05, 3.63) is 53.9 Å². The van der Waals surface area contributed by atoms with E-state index < -0.39 is 0 Å². The molecule has 6 heteroatoms. The minimum absolute atomic E-state index is 0.0481. The topological polar surface area (TPSA) is 58.4 Å². The van der Waals surface area contributed by atoms with E-state index in [0.29, 0.717) is 12.0 Å². The molecule has 4 rings (SSSR count). The third-order valence-electron chi connectivity index (χ3n) is 6.20. The second-order valence-electron chi connectivity index (χ2n) is 8.28. The maximum Gasteiger partial charge on any atom is 0.257 e. The first-order chi connectivity index (χ1) is 13.5. The predicted octanol–water partition coefficient (Wildman–Crippen LogP) is 2.51. The summed E-state index contributed by atoms with van der Waals surface area (Å²) >= 11 is 0. The number of aromatic nitrogens is 2. The highest BCUT2D eigenvalue weighted by Crippen LogP contribution is 2.41. The zero-order valence-corrected chi connectivity index (χ0v) is 16.5. The monoisotopic (exact) mass is 380 g/mol. The molecule has 2 aliphatic rings. The maximum absolute atomic E-state index is 12.6. The molecule has 0 atom stereocenters. The highest BCUT2D eigenvalue weighted by Gasteiger charge is 2.45. The lowest BCUT2D eigenvalue weighted by Gasteiger charge is -2.38. The van der Waals surface area contributed by atoms with E-state index in [2.05, 4.69) is 29.4 Å². The Kier molecular flexibility index (Phi) is 5.20. The SMILES string of the molecule is Cn1cc(C(=O)N2CCC3(CC2)CC(=O)N(CCCc2ccccc2)C3)cn1. The van der Waals surface area contributed by atoms with Crippen LogP contribution in [-0.2, 0) is 18.3 Å². The normalized spacial score (nSPS) is 18.8. The van der Waals surface area contributed by atoms with Crippen molar-refractivity contribution in [3.63, 3.8) is 0 Å². The van der Waals surface area contributed by atoms with Crippen LogP contribution in [-0.4, -0.2) is 57.6 Å². The molecule has 2 aliphatic heterocycles. The third kappa shape index (κ3) is 3.96. The fourth-order valence-corrected chi connectivity index (χ4v) is 4.54. The highest BCUT2D eigenvalue weighted by molar-refractivity contribution is 5.93. The molecule has 3 heterocycles. The molecule has 2 amide bonds. The summed E-state index contributed by atoms with van der Waals surface area (Å²) in [6.45, 7) is 3.11. The number of likely N-dealkylation sites (tertiary alicyclic amines) is 2. The molecule has 1 spiro atoms. The fourth-order valence-electron chi connectivity index (χ4n) is 4.54. The number of carbonyl (C=O) groups is 2. The van der Waals surface area contributed by atoms with Gasteiger partial charge >= 0.3 is 0 Å². The summed E-state index contributed by atoms with van der Waals surface area (Å²) in [6.07, 6.45) is 7.83. The Bertz CT molecular complexity index is 837. The summed E-state index contributed by atoms with van der Waals surface area (Å²) in [6, 6.07) is 10.4. The van der Waals surface area contributed by atoms with Crippen LogP contribution in [0.3, 0.4) is 0 Å². The average Bonchev–Trinajstić information content (AvgIpc) is 3.26. The molecule has 0 aliphatic carbocycles. The van der Waals surface area contributed by atoms with Crippen molar-refractivity contribution < 1.29 is 9.59 Å². The number of benzene rings is 1. The summed E-state index contributed by atoms with van der Waals surface area (Å²) in [5.74, 6) is 0.326. The summed E-state index contributed by atoms with van der Waals surface area (Å²) in [7, 11) is 1.82. The predicted molar refractivity (Wildman–Crippen MR) is 107 cm³/mol. The van der Waals surface area contributed by atoms with Crippen LogP contribution in [0, 0.1) is 5.41 Å². The van der Waals surface area contributed by atoms with Crippen LogP contribution in [0.25, 0.3) is 0 Å². The molecule has 148 valence electrons. The number of amides is 2. The van der Waals surface area contributed by atoms with Crippen molar-refractivity contribution in [2.75, 3.05) is 26.2 Å². The van der Waals surface area contributed by atoms with E-state index in [1.54, 1.807) is 17.1 Å². The molecule has 2 saturated heterocycles. The number of piperidine rings is 1. The molecule has 2 aromatic rings. The van der Waals surface area contributed by atoms with E-state index >= 15 is 0 Å². The lowest BCUT2D eigenvalue weighted by Crippen LogP contribution is -2.44. The molecule has 0 saturated carbocycles. The first-order valence-corrected chi connectivity index (χ1v) is 10.1. The zero-order valence-electron chi connectivity index (χ0n) is 16.5. The van der Waals surface area contributed by atoms with Crippen molar-refractivity contribution >= 4 is 11.8 Å². The maximum atomic E-state index is 12.6. The third-order valence-corrected chi connectivity index (χ3v) is 6.20. The number of hydrogen-bond donors (Lipinski definition) is 0. The van der Waals surface area contributed by atoms with E-state index in [-0.39, 0.29) is 17.2 Å². The minimum Gasteiger partial charge on any atom is -0.342 e. The number of rotatable bonds is 5. The van der Waals surface area contributed by atoms with Crippen molar-refractivity contribution in [2.45, 2.75) is 32.1 Å². The molecule has 28 heavy (non-hydrogen) atoms. The van der Waals surface area contributed by atoms with E-state index in [1.165, 1.54) is 5.56 Å². The number of nitrogens with zero attached hydrogens (tertiary/aromatic N) is 4. The lowest BCUT2D eigenvalue weighted by atomic mass is 9.77. The summed E-state index contributed by atoms with van der Waals surface area (Å²) in [5, 5.41) is 4.09. The van der Waals surface area contributed by atoms with Crippen molar-refractivity contribution in [1.29, 1.82) is 0 Å². The van der Waals surface area contributed by atoms with Crippen LogP contribution < -0.4 is 0 Å². The van der Waals surface area contributed by atoms with Gasteiger partial charge in [-0.3, -0.25) is 14.3 Å². The molecule has 0 unspecified atom stereocenters. The van der Waals surface area contributed by atoms with Crippen molar-refractivity contribution in [3.8, 4) is 0 Å². The van der Waals surface area contributed by atoms with Gasteiger partial charge in [-0.15, -0.1) is 0 Å². The molecule has 0 N–H and O–H groups in total. The van der Waals surface area contributed by atoms with E-state index in [9.17, 15) is 9.59 Å². The fraction of sp³-hybridized carbons (Fsp3) is 0.500. The number of carbonyl (C=O) groups excluding carboxylic acids is 2. The molecule has 1 aromatic carbocycles. The molecule has 0 radical (unpaired) electrons. The summed E-state index contributed by atoms with van der Waals surface area (Å²) in [4.78, 5) is 29.1. The van der Waals surface area contributed by atoms with Gasteiger partial charge in [-0.25, -0.2) is 0 Å². The molecule has 6 nitrogen and oxygen atoms in total. The van der Waals surface area contributed by atoms with Crippen molar-refractivity contribution in [1.82, 2.24) is 19.6 Å². The second-order valence-corrected chi connectivity index (χ2v) is 8.28. The van der Waals surface area contributed by atoms with Gasteiger partial charge in [-0.2, -0.15) is 5.10 Å². The van der Waals surface area contributed by atoms with E-state index in [0.717, 1.165) is 51.9 Å². The van der Waals surface area contributed by atoms with Gasteiger partial charge in [0, 0.05) is 51.3 Å². The zero-order chi connectivity index (χ0) is 19.6. The van der Waals surface area contributed by atoms with Gasteiger partial charge in [0.1, 0.15) is 0 Å². The molecular weight excluding hydrogens is 352 g/mol. The number of hydrogen-bond acceptors (Lipinski definition) is 3. The average molecular weight is 380 g/mol. The molecular formula is C22H28N4O2. The van der Waals surface area contributed by atoms with E-state index in [1.807, 2.05) is 22.9 Å². The van der Waals surface area contributed by atoms with Crippen molar-refractivity contribution in [2.24, 2.45) is 12.5 Å². The van der Waals surface area contributed by atoms with Gasteiger partial charge in [0.2, 0.25) is 5.91 Å². The smallest absolute Gasteiger partial charge is 0.257 e. The van der Waals surface area contributed by atoms with Crippen LogP contribution in [0.15, 0.2) is 42.7 Å². The first-order valence-electron chi connectivity index (χ1n) is 10.1. The Morgan fingerprint density at radius 2 is 1.93 bits per heavy atom. The van der Waals surface area contributed by atoms with Crippen LogP contribution in [0.5, 0.6) is 0 Å². The second kappa shape index (κ2) is 7.78. The van der Waals surface area contributed by atoms with Gasteiger partial charge in [0.15, 0.2) is 0 Å². The largest absolute Gasteiger partial charge is 0.342 e. The van der Waals surface area contributed by atoms with Crippen LogP contribution >= 0.6 is 0 Å². The highest BCUT2D eigenvalue weighted by atomic mass is 16.2. The van der Waals surface area contributed by atoms with Gasteiger partial charge < -0.3 is 9.80 Å². The Balaban J connectivity index is 1.28. The Morgan fingerprint density at radius 3 is 2.61 bits per heavy atom. The van der Waals surface area contributed by atoms with Crippen LogP contribution in [0.2, 0.25) is 0 Å². The summed E-state index contributed by atoms with van der Waals surface area (Å²) in [5.41, 5.74) is 2.02. The number of aryl methyl sites for hydroxylation is 2. The lowest BCUT2D eigenvalue weighted by molar-refractivity contribution is -0.127. The van der Waals surface area contributed by atoms with Crippen LogP contribution in [0.4, 0.5) is 0 Å². The Labute approximate surface area is 166 Å². The summed E-state index contributed by atoms with van der Waals surface area (Å²) < 4.78 is 1.65. The van der Waals surface area contributed by atoms with E-state index in [4.69, 9.17) is 0 Å². The molecule has 0 bridgehead atoms.